The van der Waals surface area contributed by atoms with E-state index in [9.17, 15) is 4.79 Å². The van der Waals surface area contributed by atoms with Crippen molar-refractivity contribution in [1.29, 1.82) is 0 Å². The van der Waals surface area contributed by atoms with E-state index in [4.69, 9.17) is 5.73 Å². The summed E-state index contributed by atoms with van der Waals surface area (Å²) in [4.78, 5) is 11.1. The van der Waals surface area contributed by atoms with Gasteiger partial charge in [0.1, 0.15) is 0 Å². The molecule has 4 nitrogen and oxygen atoms in total. The van der Waals surface area contributed by atoms with Crippen LogP contribution < -0.4 is 16.4 Å². The number of carbonyl (C=O) groups excluding carboxylic acids is 1. The summed E-state index contributed by atoms with van der Waals surface area (Å²) in [6.45, 7) is 3.34. The second-order valence-electron chi connectivity index (χ2n) is 3.62. The monoisotopic (exact) mass is 185 g/mol. The molecule has 4 heteroatoms. The van der Waals surface area contributed by atoms with Crippen LogP contribution in [0.25, 0.3) is 0 Å². The summed E-state index contributed by atoms with van der Waals surface area (Å²) in [5, 5.41) is 5.66. The van der Waals surface area contributed by atoms with Crippen molar-refractivity contribution in [2.45, 2.75) is 32.2 Å². The van der Waals surface area contributed by atoms with Crippen LogP contribution >= 0.6 is 0 Å². The van der Waals surface area contributed by atoms with Gasteiger partial charge in [-0.25, -0.2) is 4.79 Å². The molecular formula is C9H19N3O. The molecule has 2 amide bonds. The second kappa shape index (κ2) is 5.07. The van der Waals surface area contributed by atoms with E-state index in [-0.39, 0.29) is 6.03 Å². The summed E-state index contributed by atoms with van der Waals surface area (Å²) in [6, 6.07) is 0.283. The molecular weight excluding hydrogens is 166 g/mol. The average molecular weight is 185 g/mol. The fourth-order valence-electron chi connectivity index (χ4n) is 1.82. The highest BCUT2D eigenvalue weighted by atomic mass is 16.2. The molecule has 0 heterocycles. The van der Waals surface area contributed by atoms with Gasteiger partial charge >= 0.3 is 6.03 Å². The Morgan fingerprint density at radius 2 is 2.31 bits per heavy atom. The lowest BCUT2D eigenvalue weighted by Crippen LogP contribution is -2.41. The van der Waals surface area contributed by atoms with Crippen LogP contribution in [-0.2, 0) is 0 Å². The highest BCUT2D eigenvalue weighted by Crippen LogP contribution is 2.24. The number of amides is 2. The molecule has 0 aromatic heterocycles. The van der Waals surface area contributed by atoms with E-state index >= 15 is 0 Å². The molecule has 1 rings (SSSR count). The van der Waals surface area contributed by atoms with Crippen LogP contribution in [0.2, 0.25) is 0 Å². The molecule has 0 bridgehead atoms. The van der Waals surface area contributed by atoms with Gasteiger partial charge in [-0.05, 0) is 38.6 Å². The molecule has 0 aliphatic heterocycles. The minimum atomic E-state index is -0.0508. The molecule has 1 aliphatic rings. The Bertz CT molecular complexity index is 172. The first-order valence-corrected chi connectivity index (χ1v) is 5.00. The maximum atomic E-state index is 11.1. The second-order valence-corrected chi connectivity index (χ2v) is 3.62. The highest BCUT2D eigenvalue weighted by molar-refractivity contribution is 5.74. The Kier molecular flexibility index (Phi) is 4.02. The highest BCUT2D eigenvalue weighted by Gasteiger charge is 2.24. The van der Waals surface area contributed by atoms with Gasteiger partial charge in [0, 0.05) is 12.6 Å². The fourth-order valence-corrected chi connectivity index (χ4v) is 1.82. The summed E-state index contributed by atoms with van der Waals surface area (Å²) in [6.07, 6.45) is 3.25. The van der Waals surface area contributed by atoms with E-state index in [1.807, 2.05) is 6.92 Å². The van der Waals surface area contributed by atoms with Crippen molar-refractivity contribution in [3.8, 4) is 0 Å². The van der Waals surface area contributed by atoms with Crippen molar-refractivity contribution in [2.75, 3.05) is 13.1 Å². The first kappa shape index (κ1) is 10.3. The maximum Gasteiger partial charge on any atom is 0.314 e. The zero-order valence-corrected chi connectivity index (χ0v) is 8.18. The van der Waals surface area contributed by atoms with Crippen LogP contribution in [0.15, 0.2) is 0 Å². The van der Waals surface area contributed by atoms with Crippen molar-refractivity contribution in [1.82, 2.24) is 10.6 Å². The van der Waals surface area contributed by atoms with Gasteiger partial charge in [-0.3, -0.25) is 0 Å². The summed E-state index contributed by atoms with van der Waals surface area (Å²) >= 11 is 0. The third kappa shape index (κ3) is 3.22. The van der Waals surface area contributed by atoms with E-state index in [0.717, 1.165) is 25.8 Å². The topological polar surface area (TPSA) is 67.2 Å². The van der Waals surface area contributed by atoms with Crippen LogP contribution in [0.1, 0.15) is 26.2 Å². The molecule has 1 aliphatic carbocycles. The smallest absolute Gasteiger partial charge is 0.314 e. The van der Waals surface area contributed by atoms with Gasteiger partial charge in [0.2, 0.25) is 0 Å². The van der Waals surface area contributed by atoms with Gasteiger partial charge in [-0.1, -0.05) is 0 Å². The number of carbonyl (C=O) groups is 1. The average Bonchev–Trinajstić information content (AvgIpc) is 2.52. The van der Waals surface area contributed by atoms with Crippen molar-refractivity contribution in [2.24, 2.45) is 11.7 Å². The summed E-state index contributed by atoms with van der Waals surface area (Å²) in [5.41, 5.74) is 5.56. The van der Waals surface area contributed by atoms with Gasteiger partial charge in [0.05, 0.1) is 0 Å². The summed E-state index contributed by atoms with van der Waals surface area (Å²) < 4.78 is 0. The van der Waals surface area contributed by atoms with Crippen molar-refractivity contribution in [3.63, 3.8) is 0 Å². The zero-order chi connectivity index (χ0) is 9.68. The molecule has 0 unspecified atom stereocenters. The maximum absolute atomic E-state index is 11.1. The van der Waals surface area contributed by atoms with Crippen LogP contribution in [-0.4, -0.2) is 25.2 Å². The number of hydrogen-bond donors (Lipinski definition) is 3. The van der Waals surface area contributed by atoms with Gasteiger partial charge in [-0.15, -0.1) is 0 Å². The van der Waals surface area contributed by atoms with Gasteiger partial charge in [0.15, 0.2) is 0 Å². The molecule has 13 heavy (non-hydrogen) atoms. The summed E-state index contributed by atoms with van der Waals surface area (Å²) in [5.74, 6) is 0.604. The molecule has 76 valence electrons. The third-order valence-electron chi connectivity index (χ3n) is 2.55. The lowest BCUT2D eigenvalue weighted by Gasteiger charge is -2.12. The van der Waals surface area contributed by atoms with Crippen molar-refractivity contribution >= 4 is 6.03 Å². The molecule has 0 saturated heterocycles. The first-order chi connectivity index (χ1) is 6.26. The molecule has 0 aromatic rings. The SMILES string of the molecule is CCNC(=O)N[C@@H]1CC[C@H](CN)C1. The third-order valence-corrected chi connectivity index (χ3v) is 2.55. The minimum absolute atomic E-state index is 0.0508. The molecule has 1 fully saturated rings. The minimum Gasteiger partial charge on any atom is -0.338 e. The van der Waals surface area contributed by atoms with Crippen LogP contribution in [0.3, 0.4) is 0 Å². The lowest BCUT2D eigenvalue weighted by atomic mass is 10.1. The predicted molar refractivity (Wildman–Crippen MR) is 52.4 cm³/mol. The number of hydrogen-bond acceptors (Lipinski definition) is 2. The molecule has 0 aromatic carbocycles. The van der Waals surface area contributed by atoms with Crippen LogP contribution in [0.4, 0.5) is 4.79 Å². The summed E-state index contributed by atoms with van der Waals surface area (Å²) in [7, 11) is 0. The van der Waals surface area contributed by atoms with E-state index in [2.05, 4.69) is 10.6 Å². The van der Waals surface area contributed by atoms with Gasteiger partial charge in [-0.2, -0.15) is 0 Å². The molecule has 2 atom stereocenters. The van der Waals surface area contributed by atoms with Crippen LogP contribution in [0.5, 0.6) is 0 Å². The Hall–Kier alpha value is -0.770. The Labute approximate surface area is 79.3 Å². The predicted octanol–water partition coefficient (Wildman–Crippen LogP) is 0.433. The molecule has 0 radical (unpaired) electrons. The van der Waals surface area contributed by atoms with Crippen molar-refractivity contribution in [3.05, 3.63) is 0 Å². The number of rotatable bonds is 3. The lowest BCUT2D eigenvalue weighted by molar-refractivity contribution is 0.237. The number of nitrogens with one attached hydrogen (secondary N) is 2. The number of nitrogens with two attached hydrogens (primary N) is 1. The molecule has 1 saturated carbocycles. The Morgan fingerprint density at radius 1 is 1.54 bits per heavy atom. The number of urea groups is 1. The first-order valence-electron chi connectivity index (χ1n) is 5.00. The molecule has 4 N–H and O–H groups in total. The van der Waals surface area contributed by atoms with E-state index in [0.29, 0.717) is 18.5 Å². The molecule has 0 spiro atoms. The van der Waals surface area contributed by atoms with E-state index in [1.165, 1.54) is 0 Å². The largest absolute Gasteiger partial charge is 0.338 e. The Morgan fingerprint density at radius 3 is 2.85 bits per heavy atom. The van der Waals surface area contributed by atoms with Crippen molar-refractivity contribution < 1.29 is 4.79 Å². The van der Waals surface area contributed by atoms with E-state index in [1.54, 1.807) is 0 Å². The zero-order valence-electron chi connectivity index (χ0n) is 8.18. The van der Waals surface area contributed by atoms with Crippen LogP contribution in [0, 0.1) is 5.92 Å². The van der Waals surface area contributed by atoms with Gasteiger partial charge in [0.25, 0.3) is 0 Å². The van der Waals surface area contributed by atoms with E-state index < -0.39 is 0 Å². The Balaban J connectivity index is 2.19. The quantitative estimate of drug-likeness (QED) is 0.597. The fraction of sp³-hybridized carbons (Fsp3) is 0.889. The van der Waals surface area contributed by atoms with Gasteiger partial charge < -0.3 is 16.4 Å². The normalized spacial score (nSPS) is 27.2. The standard InChI is InChI=1S/C9H19N3O/c1-2-11-9(13)12-8-4-3-7(5-8)6-10/h7-8H,2-6,10H2,1H3,(H2,11,12,13)/t7-,8+/m0/s1.